The van der Waals surface area contributed by atoms with Crippen LogP contribution >= 0.6 is 0 Å². The highest BCUT2D eigenvalue weighted by Crippen LogP contribution is 2.28. The van der Waals surface area contributed by atoms with Crippen molar-refractivity contribution < 1.29 is 41.7 Å². The Kier molecular flexibility index (Phi) is 9.75. The van der Waals surface area contributed by atoms with Crippen LogP contribution in [0.2, 0.25) is 0 Å². The molecule has 1 fully saturated rings. The van der Waals surface area contributed by atoms with Gasteiger partial charge in [-0.3, -0.25) is 9.52 Å². The molecule has 0 atom stereocenters. The van der Waals surface area contributed by atoms with Gasteiger partial charge in [0.25, 0.3) is 0 Å². The highest BCUT2D eigenvalue weighted by molar-refractivity contribution is 7.93. The topological polar surface area (TPSA) is 138 Å². The number of anilines is 1. The van der Waals surface area contributed by atoms with Crippen LogP contribution in [0.25, 0.3) is 0 Å². The van der Waals surface area contributed by atoms with Crippen LogP contribution in [-0.2, 0) is 29.0 Å². The predicted molar refractivity (Wildman–Crippen MR) is 128 cm³/mol. The predicted octanol–water partition coefficient (Wildman–Crippen LogP) is 2.95. The summed E-state index contributed by atoms with van der Waals surface area (Å²) < 4.78 is 48.0. The number of hydrogen-bond donors (Lipinski definition) is 1. The molecule has 1 saturated heterocycles. The Morgan fingerprint density at radius 1 is 1.06 bits per heavy atom. The fraction of sp³-hybridized carbons (Fsp3) is 0.609. The molecule has 1 N–H and O–H groups in total. The van der Waals surface area contributed by atoms with Crippen LogP contribution in [0.3, 0.4) is 0 Å². The van der Waals surface area contributed by atoms with Crippen molar-refractivity contribution in [3.63, 3.8) is 0 Å². The SMILES string of the molecule is CCOC(=O)CS(=O)(=O)Nc1ccc(OC2CCN(C(=O)OC(C)(C)C)CC2)c(C(=O)OCC)c1. The van der Waals surface area contributed by atoms with Gasteiger partial charge >= 0.3 is 18.0 Å². The van der Waals surface area contributed by atoms with Crippen LogP contribution in [0.5, 0.6) is 5.75 Å². The summed E-state index contributed by atoms with van der Waals surface area (Å²) in [5.74, 6) is -2.19. The number of sulfonamides is 1. The van der Waals surface area contributed by atoms with Crippen LogP contribution in [0.4, 0.5) is 10.5 Å². The van der Waals surface area contributed by atoms with Gasteiger partial charge in [-0.15, -0.1) is 0 Å². The summed E-state index contributed by atoms with van der Waals surface area (Å²) in [7, 11) is -4.05. The molecule has 1 aromatic carbocycles. The summed E-state index contributed by atoms with van der Waals surface area (Å²) in [5, 5.41) is 0. The van der Waals surface area contributed by atoms with Gasteiger partial charge in [-0.25, -0.2) is 18.0 Å². The maximum absolute atomic E-state index is 12.5. The van der Waals surface area contributed by atoms with E-state index in [1.54, 1.807) is 39.5 Å². The van der Waals surface area contributed by atoms with Crippen molar-refractivity contribution >= 4 is 33.7 Å². The Labute approximate surface area is 206 Å². The molecule has 0 bridgehead atoms. The number of carbonyl (C=O) groups is 3. The molecule has 1 heterocycles. The molecule has 0 aromatic heterocycles. The van der Waals surface area contributed by atoms with Gasteiger partial charge in [0.15, 0.2) is 5.75 Å². The van der Waals surface area contributed by atoms with Crippen LogP contribution in [0.1, 0.15) is 57.8 Å². The molecule has 0 unspecified atom stereocenters. The average Bonchev–Trinajstić information content (AvgIpc) is 2.73. The Bertz CT molecular complexity index is 1010. The first-order chi connectivity index (χ1) is 16.3. The molecule has 1 amide bonds. The van der Waals surface area contributed by atoms with E-state index in [1.165, 1.54) is 18.2 Å². The number of ether oxygens (including phenoxy) is 4. The van der Waals surface area contributed by atoms with Crippen molar-refractivity contribution in [3.8, 4) is 5.75 Å². The zero-order valence-corrected chi connectivity index (χ0v) is 21.6. The first kappa shape index (κ1) is 28.2. The number of carbonyl (C=O) groups excluding carboxylic acids is 3. The van der Waals surface area contributed by atoms with E-state index in [-0.39, 0.29) is 42.4 Å². The lowest BCUT2D eigenvalue weighted by Gasteiger charge is -2.33. The highest BCUT2D eigenvalue weighted by atomic mass is 32.2. The standard InChI is InChI=1S/C23H34N2O9S/c1-6-31-20(26)15-35(29,30)24-16-8-9-19(18(14-16)21(27)32-7-2)33-17-10-12-25(13-11-17)22(28)34-23(3,4)5/h8-9,14,17,24H,6-7,10-13,15H2,1-5H3. The van der Waals surface area contributed by atoms with E-state index < -0.39 is 33.3 Å². The second kappa shape index (κ2) is 12.1. The minimum atomic E-state index is -4.05. The lowest BCUT2D eigenvalue weighted by atomic mass is 10.1. The summed E-state index contributed by atoms with van der Waals surface area (Å²) in [6.07, 6.45) is 0.390. The van der Waals surface area contributed by atoms with Crippen molar-refractivity contribution in [3.05, 3.63) is 23.8 Å². The zero-order chi connectivity index (χ0) is 26.2. The maximum Gasteiger partial charge on any atom is 0.410 e. The van der Waals surface area contributed by atoms with Gasteiger partial charge in [0.1, 0.15) is 23.0 Å². The van der Waals surface area contributed by atoms with Crippen molar-refractivity contribution in [1.29, 1.82) is 0 Å². The van der Waals surface area contributed by atoms with E-state index in [4.69, 9.17) is 14.2 Å². The monoisotopic (exact) mass is 514 g/mol. The largest absolute Gasteiger partial charge is 0.489 e. The third-order valence-electron chi connectivity index (χ3n) is 4.75. The van der Waals surface area contributed by atoms with Crippen molar-refractivity contribution in [1.82, 2.24) is 4.90 Å². The highest BCUT2D eigenvalue weighted by Gasteiger charge is 2.29. The molecule has 0 spiro atoms. The normalized spacial score (nSPS) is 14.7. The first-order valence-electron chi connectivity index (χ1n) is 11.5. The van der Waals surface area contributed by atoms with Crippen molar-refractivity contribution in [2.45, 2.75) is 59.2 Å². The number of amides is 1. The Hall–Kier alpha value is -3.02. The van der Waals surface area contributed by atoms with E-state index in [9.17, 15) is 22.8 Å². The van der Waals surface area contributed by atoms with E-state index in [2.05, 4.69) is 9.46 Å². The number of esters is 2. The number of likely N-dealkylation sites (tertiary alicyclic amines) is 1. The fourth-order valence-electron chi connectivity index (χ4n) is 3.30. The van der Waals surface area contributed by atoms with Gasteiger partial charge in [0.2, 0.25) is 10.0 Å². The molecule has 0 saturated carbocycles. The van der Waals surface area contributed by atoms with Gasteiger partial charge < -0.3 is 23.8 Å². The molecule has 196 valence electrons. The molecule has 1 aliphatic rings. The van der Waals surface area contributed by atoms with E-state index in [0.717, 1.165) is 0 Å². The number of benzene rings is 1. The molecule has 12 heteroatoms. The van der Waals surface area contributed by atoms with Crippen LogP contribution in [0.15, 0.2) is 18.2 Å². The van der Waals surface area contributed by atoms with Gasteiger partial charge in [-0.1, -0.05) is 0 Å². The molecule has 2 rings (SSSR count). The van der Waals surface area contributed by atoms with Gasteiger partial charge in [0.05, 0.1) is 13.2 Å². The second-order valence-corrected chi connectivity index (χ2v) is 10.6. The molecular formula is C23H34N2O9S. The summed E-state index contributed by atoms with van der Waals surface area (Å²) in [5.41, 5.74) is -0.472. The lowest BCUT2D eigenvalue weighted by molar-refractivity contribution is -0.139. The number of nitrogens with one attached hydrogen (secondary N) is 1. The lowest BCUT2D eigenvalue weighted by Crippen LogP contribution is -2.44. The van der Waals surface area contributed by atoms with E-state index in [0.29, 0.717) is 25.9 Å². The Balaban J connectivity index is 2.11. The quantitative estimate of drug-likeness (QED) is 0.389. The van der Waals surface area contributed by atoms with Gasteiger partial charge in [-0.2, -0.15) is 0 Å². The zero-order valence-electron chi connectivity index (χ0n) is 20.8. The molecule has 0 radical (unpaired) electrons. The van der Waals surface area contributed by atoms with Gasteiger partial charge in [-0.05, 0) is 52.8 Å². The fourth-order valence-corrected chi connectivity index (χ4v) is 4.25. The molecule has 1 aliphatic heterocycles. The van der Waals surface area contributed by atoms with Crippen LogP contribution < -0.4 is 9.46 Å². The molecule has 11 nitrogen and oxygen atoms in total. The third-order valence-corrected chi connectivity index (χ3v) is 5.91. The van der Waals surface area contributed by atoms with Crippen LogP contribution in [0, 0.1) is 0 Å². The number of piperidine rings is 1. The Morgan fingerprint density at radius 3 is 2.26 bits per heavy atom. The third kappa shape index (κ3) is 9.27. The first-order valence-corrected chi connectivity index (χ1v) is 13.1. The molecule has 0 aliphatic carbocycles. The second-order valence-electron chi connectivity index (χ2n) is 8.88. The summed E-state index contributed by atoms with van der Waals surface area (Å²) >= 11 is 0. The van der Waals surface area contributed by atoms with Gasteiger partial charge in [0, 0.05) is 31.6 Å². The summed E-state index contributed by atoms with van der Waals surface area (Å²) in [4.78, 5) is 38.0. The number of nitrogens with zero attached hydrogens (tertiary/aromatic N) is 1. The van der Waals surface area contributed by atoms with Crippen LogP contribution in [-0.4, -0.2) is 75.1 Å². The summed E-state index contributed by atoms with van der Waals surface area (Å²) in [6.45, 7) is 9.67. The Morgan fingerprint density at radius 2 is 1.69 bits per heavy atom. The summed E-state index contributed by atoms with van der Waals surface area (Å²) in [6, 6.07) is 4.19. The van der Waals surface area contributed by atoms with E-state index in [1.807, 2.05) is 0 Å². The van der Waals surface area contributed by atoms with E-state index >= 15 is 0 Å². The number of hydrogen-bond acceptors (Lipinski definition) is 9. The van der Waals surface area contributed by atoms with Crippen molar-refractivity contribution in [2.75, 3.05) is 36.8 Å². The molecule has 35 heavy (non-hydrogen) atoms. The van der Waals surface area contributed by atoms with Crippen molar-refractivity contribution in [2.24, 2.45) is 0 Å². The average molecular weight is 515 g/mol. The maximum atomic E-state index is 12.5. The minimum Gasteiger partial charge on any atom is -0.489 e. The molecular weight excluding hydrogens is 480 g/mol. The smallest absolute Gasteiger partial charge is 0.410 e. The number of rotatable bonds is 9. The molecule has 1 aromatic rings. The minimum absolute atomic E-state index is 0.0396.